The molecule has 0 aliphatic rings. The molecule has 0 aliphatic carbocycles. The standard InChI is InChI=1S/C17H20N2O4/c1-10(2)15(17(21)22)19-14(20)9-13-11(3)23-16(18-13)12-7-5-4-6-8-12/h4-8,10,15H,9H2,1-3H3,(H,19,20)(H,21,22). The number of hydrogen-bond acceptors (Lipinski definition) is 4. The minimum absolute atomic E-state index is 0.0152. The molecule has 0 radical (unpaired) electrons. The molecule has 0 saturated carbocycles. The fourth-order valence-corrected chi connectivity index (χ4v) is 2.19. The zero-order valence-electron chi connectivity index (χ0n) is 13.4. The van der Waals surface area contributed by atoms with E-state index < -0.39 is 12.0 Å². The zero-order chi connectivity index (χ0) is 17.0. The molecule has 1 aromatic heterocycles. The zero-order valence-corrected chi connectivity index (χ0v) is 13.4. The number of amides is 1. The molecule has 2 aromatic rings. The van der Waals surface area contributed by atoms with Gasteiger partial charge in [-0.05, 0) is 25.0 Å². The average Bonchev–Trinajstić information content (AvgIpc) is 2.86. The van der Waals surface area contributed by atoms with Gasteiger partial charge in [0.15, 0.2) is 0 Å². The number of nitrogens with one attached hydrogen (secondary N) is 1. The minimum Gasteiger partial charge on any atom is -0.480 e. The highest BCUT2D eigenvalue weighted by atomic mass is 16.4. The van der Waals surface area contributed by atoms with Crippen molar-refractivity contribution < 1.29 is 19.1 Å². The van der Waals surface area contributed by atoms with Crippen molar-refractivity contribution in [2.24, 2.45) is 5.92 Å². The van der Waals surface area contributed by atoms with Gasteiger partial charge in [0.2, 0.25) is 11.8 Å². The molecule has 1 amide bonds. The number of aliphatic carboxylic acids is 1. The number of aryl methyl sites for hydroxylation is 1. The summed E-state index contributed by atoms with van der Waals surface area (Å²) in [5.74, 6) is -0.632. The number of carbonyl (C=O) groups excluding carboxylic acids is 1. The van der Waals surface area contributed by atoms with E-state index in [1.54, 1.807) is 20.8 Å². The lowest BCUT2D eigenvalue weighted by Crippen LogP contribution is -2.45. The number of aromatic nitrogens is 1. The fraction of sp³-hybridized carbons (Fsp3) is 0.353. The third-order valence-corrected chi connectivity index (χ3v) is 3.49. The van der Waals surface area contributed by atoms with Gasteiger partial charge in [-0.2, -0.15) is 0 Å². The fourth-order valence-electron chi connectivity index (χ4n) is 2.19. The molecule has 1 aromatic carbocycles. The molecular weight excluding hydrogens is 296 g/mol. The summed E-state index contributed by atoms with van der Waals surface area (Å²) in [4.78, 5) is 27.6. The second kappa shape index (κ2) is 7.09. The van der Waals surface area contributed by atoms with E-state index in [4.69, 9.17) is 9.52 Å². The lowest BCUT2D eigenvalue weighted by atomic mass is 10.0. The number of nitrogens with zero attached hydrogens (tertiary/aromatic N) is 1. The van der Waals surface area contributed by atoms with Gasteiger partial charge in [-0.15, -0.1) is 0 Å². The van der Waals surface area contributed by atoms with Crippen LogP contribution in [-0.2, 0) is 16.0 Å². The first-order chi connectivity index (χ1) is 10.9. The predicted molar refractivity (Wildman–Crippen MR) is 84.8 cm³/mol. The maximum absolute atomic E-state index is 12.1. The van der Waals surface area contributed by atoms with Gasteiger partial charge >= 0.3 is 5.97 Å². The summed E-state index contributed by atoms with van der Waals surface area (Å²) < 4.78 is 5.59. The summed E-state index contributed by atoms with van der Waals surface area (Å²) >= 11 is 0. The highest BCUT2D eigenvalue weighted by molar-refractivity contribution is 5.85. The Morgan fingerprint density at radius 2 is 1.91 bits per heavy atom. The van der Waals surface area contributed by atoms with Gasteiger partial charge in [-0.25, -0.2) is 9.78 Å². The van der Waals surface area contributed by atoms with Crippen molar-refractivity contribution >= 4 is 11.9 Å². The third-order valence-electron chi connectivity index (χ3n) is 3.49. The van der Waals surface area contributed by atoms with Gasteiger partial charge in [0, 0.05) is 5.56 Å². The topological polar surface area (TPSA) is 92.4 Å². The molecule has 0 fully saturated rings. The summed E-state index contributed by atoms with van der Waals surface area (Å²) in [5, 5.41) is 11.6. The summed E-state index contributed by atoms with van der Waals surface area (Å²) in [5.41, 5.74) is 1.34. The van der Waals surface area contributed by atoms with Gasteiger partial charge in [0.25, 0.3) is 0 Å². The Morgan fingerprint density at radius 3 is 2.48 bits per heavy atom. The van der Waals surface area contributed by atoms with Crippen LogP contribution in [0, 0.1) is 12.8 Å². The van der Waals surface area contributed by atoms with Gasteiger partial charge < -0.3 is 14.8 Å². The van der Waals surface area contributed by atoms with E-state index in [1.165, 1.54) is 0 Å². The average molecular weight is 316 g/mol. The second-order valence-electron chi connectivity index (χ2n) is 5.69. The van der Waals surface area contributed by atoms with E-state index >= 15 is 0 Å². The molecule has 0 spiro atoms. The Kier molecular flexibility index (Phi) is 5.16. The monoisotopic (exact) mass is 316 g/mol. The largest absolute Gasteiger partial charge is 0.480 e. The van der Waals surface area contributed by atoms with E-state index in [-0.39, 0.29) is 18.2 Å². The third kappa shape index (κ3) is 4.18. The van der Waals surface area contributed by atoms with Gasteiger partial charge in [0.1, 0.15) is 11.8 Å². The molecule has 2 rings (SSSR count). The number of carboxylic acid groups (broad SMARTS) is 1. The first-order valence-corrected chi connectivity index (χ1v) is 7.42. The van der Waals surface area contributed by atoms with E-state index in [2.05, 4.69) is 10.3 Å². The quantitative estimate of drug-likeness (QED) is 0.854. The van der Waals surface area contributed by atoms with Crippen LogP contribution in [0.5, 0.6) is 0 Å². The van der Waals surface area contributed by atoms with Crippen LogP contribution in [0.2, 0.25) is 0 Å². The molecule has 1 unspecified atom stereocenters. The molecular formula is C17H20N2O4. The smallest absolute Gasteiger partial charge is 0.326 e. The number of carbonyl (C=O) groups is 2. The van der Waals surface area contributed by atoms with E-state index in [0.29, 0.717) is 17.3 Å². The maximum Gasteiger partial charge on any atom is 0.326 e. The van der Waals surface area contributed by atoms with Crippen molar-refractivity contribution in [2.45, 2.75) is 33.2 Å². The Morgan fingerprint density at radius 1 is 1.26 bits per heavy atom. The lowest BCUT2D eigenvalue weighted by molar-refractivity contribution is -0.143. The van der Waals surface area contributed by atoms with Gasteiger partial charge in [0.05, 0.1) is 12.1 Å². The highest BCUT2D eigenvalue weighted by Crippen LogP contribution is 2.21. The highest BCUT2D eigenvalue weighted by Gasteiger charge is 2.24. The van der Waals surface area contributed by atoms with Crippen molar-refractivity contribution in [1.29, 1.82) is 0 Å². The van der Waals surface area contributed by atoms with E-state index in [0.717, 1.165) is 5.56 Å². The number of oxazole rings is 1. The first kappa shape index (κ1) is 16.7. The van der Waals surface area contributed by atoms with Crippen LogP contribution in [0.3, 0.4) is 0 Å². The molecule has 0 saturated heterocycles. The van der Waals surface area contributed by atoms with Crippen molar-refractivity contribution in [3.8, 4) is 11.5 Å². The van der Waals surface area contributed by atoms with Crippen LogP contribution in [0.1, 0.15) is 25.3 Å². The molecule has 6 heteroatoms. The van der Waals surface area contributed by atoms with Crippen LogP contribution in [-0.4, -0.2) is 28.0 Å². The summed E-state index contributed by atoms with van der Waals surface area (Å²) in [6.07, 6.45) is -0.0152. The minimum atomic E-state index is -1.05. The van der Waals surface area contributed by atoms with Crippen molar-refractivity contribution in [3.63, 3.8) is 0 Å². The van der Waals surface area contributed by atoms with Gasteiger partial charge in [-0.3, -0.25) is 4.79 Å². The van der Waals surface area contributed by atoms with Crippen molar-refractivity contribution in [3.05, 3.63) is 41.8 Å². The summed E-state index contributed by atoms with van der Waals surface area (Å²) in [7, 11) is 0. The molecule has 0 bridgehead atoms. The van der Waals surface area contributed by atoms with E-state index in [9.17, 15) is 9.59 Å². The van der Waals surface area contributed by atoms with Crippen LogP contribution in [0.25, 0.3) is 11.5 Å². The molecule has 1 heterocycles. The number of carboxylic acids is 1. The molecule has 1 atom stereocenters. The SMILES string of the molecule is Cc1oc(-c2ccccc2)nc1CC(=O)NC(C(=O)O)C(C)C. The van der Waals surface area contributed by atoms with Crippen LogP contribution < -0.4 is 5.32 Å². The maximum atomic E-state index is 12.1. The van der Waals surface area contributed by atoms with E-state index in [1.807, 2.05) is 30.3 Å². The molecule has 122 valence electrons. The Bertz CT molecular complexity index is 692. The second-order valence-corrected chi connectivity index (χ2v) is 5.69. The normalized spacial score (nSPS) is 12.2. The number of hydrogen-bond donors (Lipinski definition) is 2. The van der Waals surface area contributed by atoms with Crippen LogP contribution in [0.4, 0.5) is 0 Å². The van der Waals surface area contributed by atoms with Crippen LogP contribution >= 0.6 is 0 Å². The Balaban J connectivity index is 2.10. The lowest BCUT2D eigenvalue weighted by Gasteiger charge is -2.17. The Labute approximate surface area is 134 Å². The first-order valence-electron chi connectivity index (χ1n) is 7.42. The summed E-state index contributed by atoms with van der Waals surface area (Å²) in [6, 6.07) is 8.47. The molecule has 6 nitrogen and oxygen atoms in total. The molecule has 2 N–H and O–H groups in total. The number of benzene rings is 1. The van der Waals surface area contributed by atoms with Crippen molar-refractivity contribution in [1.82, 2.24) is 10.3 Å². The number of rotatable bonds is 6. The van der Waals surface area contributed by atoms with Crippen molar-refractivity contribution in [2.75, 3.05) is 0 Å². The summed E-state index contributed by atoms with van der Waals surface area (Å²) in [6.45, 7) is 5.22. The molecule has 23 heavy (non-hydrogen) atoms. The van der Waals surface area contributed by atoms with Crippen LogP contribution in [0.15, 0.2) is 34.7 Å². The Hall–Kier alpha value is -2.63. The molecule has 0 aliphatic heterocycles. The predicted octanol–water partition coefficient (Wildman–Crippen LogP) is 2.42. The van der Waals surface area contributed by atoms with Gasteiger partial charge in [-0.1, -0.05) is 32.0 Å².